The monoisotopic (exact) mass is 301 g/mol. The molecule has 3 aromatic heterocycles. The number of fused-ring (bicyclic) bond motifs is 1. The summed E-state index contributed by atoms with van der Waals surface area (Å²) < 4.78 is 17.3. The fourth-order valence-electron chi connectivity index (χ4n) is 2.53. The first kappa shape index (κ1) is 14.7. The van der Waals surface area contributed by atoms with Gasteiger partial charge in [-0.1, -0.05) is 6.92 Å². The van der Waals surface area contributed by atoms with Gasteiger partial charge in [-0.15, -0.1) is 0 Å². The van der Waals surface area contributed by atoms with E-state index in [0.717, 1.165) is 25.3 Å². The largest absolute Gasteiger partial charge is 0.304 e. The number of aryl methyl sites for hydroxylation is 1. The smallest absolute Gasteiger partial charge is 0.173 e. The van der Waals surface area contributed by atoms with Crippen LogP contribution in [-0.2, 0) is 19.6 Å². The molecule has 0 N–H and O–H groups in total. The second kappa shape index (κ2) is 6.27. The molecule has 0 amide bonds. The topological polar surface area (TPSA) is 38.4 Å². The Hall–Kier alpha value is -2.21. The molecule has 3 aromatic rings. The number of nitrogens with zero attached hydrogens (tertiary/aromatic N) is 5. The number of imidazole rings is 1. The average Bonchev–Trinajstić information content (AvgIpc) is 3.13. The van der Waals surface area contributed by atoms with Gasteiger partial charge in [0.2, 0.25) is 0 Å². The van der Waals surface area contributed by atoms with Gasteiger partial charge in [-0.25, -0.2) is 9.37 Å². The van der Waals surface area contributed by atoms with Gasteiger partial charge in [-0.05, 0) is 25.6 Å². The van der Waals surface area contributed by atoms with E-state index in [1.807, 2.05) is 23.3 Å². The SMILES string of the molecule is CCN(Cc1cnn(CC)c1)Cc1cn2cccc(F)c2n1. The molecule has 5 nitrogen and oxygen atoms in total. The molecule has 0 saturated heterocycles. The predicted octanol–water partition coefficient (Wildman–Crippen LogP) is 2.71. The number of hydrogen-bond acceptors (Lipinski definition) is 3. The van der Waals surface area contributed by atoms with Gasteiger partial charge < -0.3 is 4.40 Å². The minimum absolute atomic E-state index is 0.291. The van der Waals surface area contributed by atoms with Gasteiger partial charge in [0.05, 0.1) is 11.9 Å². The highest BCUT2D eigenvalue weighted by molar-refractivity contribution is 5.41. The maximum atomic E-state index is 13.7. The molecule has 0 aliphatic rings. The second-order valence-corrected chi connectivity index (χ2v) is 5.33. The zero-order chi connectivity index (χ0) is 15.5. The Balaban J connectivity index is 1.74. The van der Waals surface area contributed by atoms with Crippen molar-refractivity contribution in [3.8, 4) is 0 Å². The molecule has 0 aliphatic heterocycles. The van der Waals surface area contributed by atoms with Crippen molar-refractivity contribution < 1.29 is 4.39 Å². The van der Waals surface area contributed by atoms with Crippen LogP contribution in [0.5, 0.6) is 0 Å². The van der Waals surface area contributed by atoms with E-state index in [2.05, 4.69) is 35.0 Å². The molecule has 0 unspecified atom stereocenters. The highest BCUT2D eigenvalue weighted by Gasteiger charge is 2.11. The molecule has 3 rings (SSSR count). The summed E-state index contributed by atoms with van der Waals surface area (Å²) in [4.78, 5) is 6.65. The summed E-state index contributed by atoms with van der Waals surface area (Å²) in [6.07, 6.45) is 7.66. The van der Waals surface area contributed by atoms with Crippen molar-refractivity contribution in [1.82, 2.24) is 24.1 Å². The van der Waals surface area contributed by atoms with Crippen LogP contribution in [0.3, 0.4) is 0 Å². The Kier molecular flexibility index (Phi) is 4.20. The maximum Gasteiger partial charge on any atom is 0.173 e. The number of halogens is 1. The summed E-state index contributed by atoms with van der Waals surface area (Å²) in [7, 11) is 0. The molecular formula is C16H20FN5. The Morgan fingerprint density at radius 3 is 2.77 bits per heavy atom. The predicted molar refractivity (Wildman–Crippen MR) is 82.8 cm³/mol. The van der Waals surface area contributed by atoms with Crippen LogP contribution >= 0.6 is 0 Å². The highest BCUT2D eigenvalue weighted by atomic mass is 19.1. The van der Waals surface area contributed by atoms with E-state index in [9.17, 15) is 4.39 Å². The summed E-state index contributed by atoms with van der Waals surface area (Å²) in [5.74, 6) is -0.291. The van der Waals surface area contributed by atoms with E-state index < -0.39 is 0 Å². The molecule has 3 heterocycles. The van der Waals surface area contributed by atoms with Crippen molar-refractivity contribution in [2.75, 3.05) is 6.54 Å². The molecule has 6 heteroatoms. The van der Waals surface area contributed by atoms with Crippen LogP contribution in [0.25, 0.3) is 5.65 Å². The zero-order valence-corrected chi connectivity index (χ0v) is 12.9. The number of hydrogen-bond donors (Lipinski definition) is 0. The van der Waals surface area contributed by atoms with Crippen LogP contribution in [0, 0.1) is 5.82 Å². The van der Waals surface area contributed by atoms with Gasteiger partial charge in [0.15, 0.2) is 11.5 Å². The first-order chi connectivity index (χ1) is 10.7. The Labute approximate surface area is 129 Å². The maximum absolute atomic E-state index is 13.7. The lowest BCUT2D eigenvalue weighted by Crippen LogP contribution is -2.22. The molecule has 0 atom stereocenters. The summed E-state index contributed by atoms with van der Waals surface area (Å²) in [5, 5.41) is 4.30. The Morgan fingerprint density at radius 2 is 2.09 bits per heavy atom. The van der Waals surface area contributed by atoms with Crippen LogP contribution in [-0.4, -0.2) is 30.6 Å². The third kappa shape index (κ3) is 3.01. The summed E-state index contributed by atoms with van der Waals surface area (Å²) in [6.45, 7) is 7.45. The van der Waals surface area contributed by atoms with Crippen LogP contribution in [0.1, 0.15) is 25.1 Å². The van der Waals surface area contributed by atoms with Crippen molar-refractivity contribution in [1.29, 1.82) is 0 Å². The molecule has 0 bridgehead atoms. The normalized spacial score (nSPS) is 11.6. The molecule has 116 valence electrons. The van der Waals surface area contributed by atoms with E-state index in [1.165, 1.54) is 11.6 Å². The number of rotatable bonds is 6. The minimum Gasteiger partial charge on any atom is -0.304 e. The van der Waals surface area contributed by atoms with Crippen LogP contribution in [0.4, 0.5) is 4.39 Å². The van der Waals surface area contributed by atoms with Crippen molar-refractivity contribution in [2.24, 2.45) is 0 Å². The lowest BCUT2D eigenvalue weighted by molar-refractivity contribution is 0.268. The van der Waals surface area contributed by atoms with Gasteiger partial charge in [-0.3, -0.25) is 9.58 Å². The van der Waals surface area contributed by atoms with Gasteiger partial charge in [0, 0.05) is 43.8 Å². The zero-order valence-electron chi connectivity index (χ0n) is 12.9. The molecular weight excluding hydrogens is 281 g/mol. The van der Waals surface area contributed by atoms with E-state index in [0.29, 0.717) is 12.2 Å². The van der Waals surface area contributed by atoms with Gasteiger partial charge in [0.1, 0.15) is 0 Å². The first-order valence-corrected chi connectivity index (χ1v) is 7.55. The van der Waals surface area contributed by atoms with E-state index in [1.54, 1.807) is 10.5 Å². The van der Waals surface area contributed by atoms with Crippen molar-refractivity contribution in [3.05, 3.63) is 54.0 Å². The highest BCUT2D eigenvalue weighted by Crippen LogP contribution is 2.13. The second-order valence-electron chi connectivity index (χ2n) is 5.33. The quantitative estimate of drug-likeness (QED) is 0.702. The van der Waals surface area contributed by atoms with Crippen molar-refractivity contribution in [2.45, 2.75) is 33.5 Å². The molecule has 0 aromatic carbocycles. The third-order valence-electron chi connectivity index (χ3n) is 3.73. The van der Waals surface area contributed by atoms with Crippen LogP contribution in [0.2, 0.25) is 0 Å². The Morgan fingerprint density at radius 1 is 1.23 bits per heavy atom. The summed E-state index contributed by atoms with van der Waals surface area (Å²) in [6, 6.07) is 3.12. The number of aromatic nitrogens is 4. The van der Waals surface area contributed by atoms with Gasteiger partial charge >= 0.3 is 0 Å². The fourth-order valence-corrected chi connectivity index (χ4v) is 2.53. The average molecular weight is 301 g/mol. The summed E-state index contributed by atoms with van der Waals surface area (Å²) >= 11 is 0. The Bertz CT molecular complexity index is 761. The lowest BCUT2D eigenvalue weighted by atomic mass is 10.3. The van der Waals surface area contributed by atoms with Crippen molar-refractivity contribution in [3.63, 3.8) is 0 Å². The molecule has 0 radical (unpaired) electrons. The van der Waals surface area contributed by atoms with E-state index in [4.69, 9.17) is 0 Å². The molecule has 22 heavy (non-hydrogen) atoms. The standard InChI is InChI=1S/C16H20FN5/c1-3-20(9-13-8-18-22(4-2)10-13)11-14-12-21-7-5-6-15(17)16(21)19-14/h5-8,10,12H,3-4,9,11H2,1-2H3. The van der Waals surface area contributed by atoms with E-state index in [-0.39, 0.29) is 5.82 Å². The molecule has 0 spiro atoms. The minimum atomic E-state index is -0.291. The molecule has 0 aliphatic carbocycles. The third-order valence-corrected chi connectivity index (χ3v) is 3.73. The van der Waals surface area contributed by atoms with E-state index >= 15 is 0 Å². The number of pyridine rings is 1. The fraction of sp³-hybridized carbons (Fsp3) is 0.375. The van der Waals surface area contributed by atoms with Crippen molar-refractivity contribution >= 4 is 5.65 Å². The summed E-state index contributed by atoms with van der Waals surface area (Å²) in [5.41, 5.74) is 2.43. The lowest BCUT2D eigenvalue weighted by Gasteiger charge is -2.18. The first-order valence-electron chi connectivity index (χ1n) is 7.55. The molecule has 0 saturated carbocycles. The molecule has 0 fully saturated rings. The van der Waals surface area contributed by atoms with Crippen LogP contribution < -0.4 is 0 Å². The van der Waals surface area contributed by atoms with Crippen LogP contribution in [0.15, 0.2) is 36.9 Å². The van der Waals surface area contributed by atoms with Gasteiger partial charge in [0.25, 0.3) is 0 Å². The van der Waals surface area contributed by atoms with Gasteiger partial charge in [-0.2, -0.15) is 5.10 Å².